The maximum atomic E-state index is 13.0. The Bertz CT molecular complexity index is 395. The molecule has 3 nitrogen and oxygen atoms in total. The fourth-order valence-electron chi connectivity index (χ4n) is 0.932. The van der Waals surface area contributed by atoms with Gasteiger partial charge in [0.25, 0.3) is 0 Å². The van der Waals surface area contributed by atoms with E-state index in [0.717, 1.165) is 12.1 Å². The largest absolute Gasteiger partial charge is 0.480 e. The molecule has 0 aliphatic rings. The standard InChI is InChI=1S/C9H8F3NO2/c1-4(9(14)15)13-6-3-2-5(10)7(11)8(6)12/h2-4,13H,1H3,(H,14,15)/t4-/m0/s1. The second-order valence-corrected chi connectivity index (χ2v) is 2.93. The molecule has 1 aromatic rings. The number of benzene rings is 1. The highest BCUT2D eigenvalue weighted by molar-refractivity contribution is 5.76. The minimum atomic E-state index is -1.63. The van der Waals surface area contributed by atoms with Crippen molar-refractivity contribution in [1.29, 1.82) is 0 Å². The Balaban J connectivity index is 2.97. The summed E-state index contributed by atoms with van der Waals surface area (Å²) >= 11 is 0. The first-order valence-corrected chi connectivity index (χ1v) is 4.06. The summed E-state index contributed by atoms with van der Waals surface area (Å²) in [6.07, 6.45) is 0. The predicted molar refractivity (Wildman–Crippen MR) is 47.0 cm³/mol. The van der Waals surface area contributed by atoms with E-state index in [1.54, 1.807) is 0 Å². The number of rotatable bonds is 3. The summed E-state index contributed by atoms with van der Waals surface area (Å²) in [5.41, 5.74) is -0.385. The molecule has 0 saturated heterocycles. The lowest BCUT2D eigenvalue weighted by molar-refractivity contribution is -0.137. The van der Waals surface area contributed by atoms with Crippen molar-refractivity contribution in [2.75, 3.05) is 5.32 Å². The SMILES string of the molecule is C[C@H](Nc1ccc(F)c(F)c1F)C(=O)O. The summed E-state index contributed by atoms with van der Waals surface area (Å²) < 4.78 is 38.2. The van der Waals surface area contributed by atoms with E-state index in [9.17, 15) is 18.0 Å². The lowest BCUT2D eigenvalue weighted by Crippen LogP contribution is -2.26. The first-order valence-electron chi connectivity index (χ1n) is 4.06. The Morgan fingerprint density at radius 3 is 2.47 bits per heavy atom. The molecule has 0 aliphatic carbocycles. The van der Waals surface area contributed by atoms with Crippen LogP contribution in [0.3, 0.4) is 0 Å². The van der Waals surface area contributed by atoms with Crippen molar-refractivity contribution < 1.29 is 23.1 Å². The van der Waals surface area contributed by atoms with Crippen LogP contribution in [0.2, 0.25) is 0 Å². The Labute approximate surface area is 83.5 Å². The Hall–Kier alpha value is -1.72. The fraction of sp³-hybridized carbons (Fsp3) is 0.222. The van der Waals surface area contributed by atoms with Crippen molar-refractivity contribution in [1.82, 2.24) is 0 Å². The number of carboxylic acids is 1. The second-order valence-electron chi connectivity index (χ2n) is 2.93. The van der Waals surface area contributed by atoms with Crippen LogP contribution in [0.4, 0.5) is 18.9 Å². The maximum Gasteiger partial charge on any atom is 0.325 e. The van der Waals surface area contributed by atoms with Crippen LogP contribution < -0.4 is 5.32 Å². The van der Waals surface area contributed by atoms with Gasteiger partial charge in [0.05, 0.1) is 5.69 Å². The molecule has 0 aliphatic heterocycles. The number of anilines is 1. The van der Waals surface area contributed by atoms with E-state index in [1.165, 1.54) is 6.92 Å². The Morgan fingerprint density at radius 1 is 1.33 bits per heavy atom. The molecule has 0 heterocycles. The molecule has 1 aromatic carbocycles. The van der Waals surface area contributed by atoms with E-state index in [4.69, 9.17) is 5.11 Å². The zero-order valence-corrected chi connectivity index (χ0v) is 7.72. The van der Waals surface area contributed by atoms with Crippen LogP contribution in [0.1, 0.15) is 6.92 Å². The molecule has 1 rings (SSSR count). The summed E-state index contributed by atoms with van der Waals surface area (Å²) in [4.78, 5) is 10.4. The molecule has 0 saturated carbocycles. The van der Waals surface area contributed by atoms with Gasteiger partial charge in [0.1, 0.15) is 6.04 Å². The highest BCUT2D eigenvalue weighted by Gasteiger charge is 2.17. The van der Waals surface area contributed by atoms with Crippen LogP contribution in [0.15, 0.2) is 12.1 Å². The number of aliphatic carboxylic acids is 1. The van der Waals surface area contributed by atoms with Crippen LogP contribution in [0.5, 0.6) is 0 Å². The van der Waals surface area contributed by atoms with Crippen LogP contribution in [0, 0.1) is 17.5 Å². The van der Waals surface area contributed by atoms with Gasteiger partial charge < -0.3 is 10.4 Å². The topological polar surface area (TPSA) is 49.3 Å². The van der Waals surface area contributed by atoms with E-state index in [0.29, 0.717) is 0 Å². The molecule has 0 unspecified atom stereocenters. The molecular formula is C9H8F3NO2. The molecule has 0 fully saturated rings. The first-order chi connectivity index (χ1) is 6.93. The van der Waals surface area contributed by atoms with Gasteiger partial charge in [-0.25, -0.2) is 13.2 Å². The van der Waals surface area contributed by atoms with Crippen molar-refractivity contribution in [3.8, 4) is 0 Å². The highest BCUT2D eigenvalue weighted by Crippen LogP contribution is 2.20. The molecule has 2 N–H and O–H groups in total. The van der Waals surface area contributed by atoms with E-state index in [2.05, 4.69) is 5.32 Å². The van der Waals surface area contributed by atoms with Crippen LogP contribution >= 0.6 is 0 Å². The fourth-order valence-corrected chi connectivity index (χ4v) is 0.932. The quantitative estimate of drug-likeness (QED) is 0.764. The van der Waals surface area contributed by atoms with Gasteiger partial charge in [-0.05, 0) is 19.1 Å². The number of halogens is 3. The van der Waals surface area contributed by atoms with Gasteiger partial charge in [-0.3, -0.25) is 4.79 Å². The van der Waals surface area contributed by atoms with Crippen molar-refractivity contribution in [3.05, 3.63) is 29.6 Å². The van der Waals surface area contributed by atoms with Crippen molar-refractivity contribution in [2.24, 2.45) is 0 Å². The third kappa shape index (κ3) is 2.39. The molecule has 0 amide bonds. The zero-order valence-electron chi connectivity index (χ0n) is 7.72. The first kappa shape index (κ1) is 11.4. The molecule has 82 valence electrons. The van der Waals surface area contributed by atoms with Crippen LogP contribution in [0.25, 0.3) is 0 Å². The Morgan fingerprint density at radius 2 is 1.93 bits per heavy atom. The van der Waals surface area contributed by atoms with E-state index >= 15 is 0 Å². The zero-order chi connectivity index (χ0) is 11.6. The Kier molecular flexibility index (Phi) is 3.18. The minimum absolute atomic E-state index is 0.385. The number of nitrogens with one attached hydrogen (secondary N) is 1. The minimum Gasteiger partial charge on any atom is -0.480 e. The van der Waals surface area contributed by atoms with Crippen molar-refractivity contribution in [2.45, 2.75) is 13.0 Å². The maximum absolute atomic E-state index is 13.0. The van der Waals surface area contributed by atoms with Crippen LogP contribution in [-0.4, -0.2) is 17.1 Å². The molecule has 15 heavy (non-hydrogen) atoms. The molecule has 0 aromatic heterocycles. The third-order valence-electron chi connectivity index (χ3n) is 1.78. The van der Waals surface area contributed by atoms with Crippen molar-refractivity contribution >= 4 is 11.7 Å². The van der Waals surface area contributed by atoms with Gasteiger partial charge in [0, 0.05) is 0 Å². The summed E-state index contributed by atoms with van der Waals surface area (Å²) in [6, 6.07) is 0.562. The average molecular weight is 219 g/mol. The molecule has 6 heteroatoms. The molecule has 1 atom stereocenters. The van der Waals surface area contributed by atoms with E-state index in [1.807, 2.05) is 0 Å². The molecular weight excluding hydrogens is 211 g/mol. The number of hydrogen-bond donors (Lipinski definition) is 2. The van der Waals surface area contributed by atoms with Gasteiger partial charge in [0.15, 0.2) is 17.5 Å². The molecule has 0 radical (unpaired) electrons. The van der Waals surface area contributed by atoms with Gasteiger partial charge in [-0.15, -0.1) is 0 Å². The van der Waals surface area contributed by atoms with E-state index < -0.39 is 29.5 Å². The monoisotopic (exact) mass is 219 g/mol. The summed E-state index contributed by atoms with van der Waals surface area (Å²) in [6.45, 7) is 1.25. The third-order valence-corrected chi connectivity index (χ3v) is 1.78. The number of hydrogen-bond acceptors (Lipinski definition) is 2. The molecule has 0 spiro atoms. The summed E-state index contributed by atoms with van der Waals surface area (Å²) in [5, 5.41) is 10.7. The summed E-state index contributed by atoms with van der Waals surface area (Å²) in [5.74, 6) is -5.60. The van der Waals surface area contributed by atoms with Gasteiger partial charge in [0.2, 0.25) is 0 Å². The predicted octanol–water partition coefficient (Wildman–Crippen LogP) is 1.99. The lowest BCUT2D eigenvalue weighted by atomic mass is 10.2. The second kappa shape index (κ2) is 4.20. The molecule has 0 bridgehead atoms. The van der Waals surface area contributed by atoms with Gasteiger partial charge in [-0.2, -0.15) is 0 Å². The summed E-state index contributed by atoms with van der Waals surface area (Å²) in [7, 11) is 0. The number of carboxylic acid groups (broad SMARTS) is 1. The van der Waals surface area contributed by atoms with Gasteiger partial charge >= 0.3 is 5.97 Å². The average Bonchev–Trinajstić information content (AvgIpc) is 2.18. The number of carbonyl (C=O) groups is 1. The van der Waals surface area contributed by atoms with Gasteiger partial charge in [-0.1, -0.05) is 0 Å². The lowest BCUT2D eigenvalue weighted by Gasteiger charge is -2.11. The van der Waals surface area contributed by atoms with E-state index in [-0.39, 0.29) is 5.69 Å². The highest BCUT2D eigenvalue weighted by atomic mass is 19.2. The smallest absolute Gasteiger partial charge is 0.325 e. The van der Waals surface area contributed by atoms with Crippen LogP contribution in [-0.2, 0) is 4.79 Å². The normalized spacial score (nSPS) is 12.3. The van der Waals surface area contributed by atoms with Crippen molar-refractivity contribution in [3.63, 3.8) is 0 Å².